The van der Waals surface area contributed by atoms with Gasteiger partial charge in [-0.05, 0) is 13.2 Å². The average molecular weight is 404 g/mol. The number of rotatable bonds is 4. The van der Waals surface area contributed by atoms with Crippen LogP contribution in [0.2, 0.25) is 0 Å². The van der Waals surface area contributed by atoms with Crippen LogP contribution in [0.1, 0.15) is 6.92 Å². The first-order valence-electron chi connectivity index (χ1n) is 8.20. The molecule has 0 aliphatic carbocycles. The third kappa shape index (κ3) is 2.68. The second-order valence-corrected chi connectivity index (χ2v) is 11.5. The number of hydrogen-bond acceptors (Lipinski definition) is 7. The molecule has 1 unspecified atom stereocenters. The Kier molecular flexibility index (Phi) is 4.50. The predicted octanol–water partition coefficient (Wildman–Crippen LogP) is 0.570. The molecule has 0 aromatic heterocycles. The smallest absolute Gasteiger partial charge is 0.354 e. The summed E-state index contributed by atoms with van der Waals surface area (Å²) in [5.74, 6) is -0.721. The van der Waals surface area contributed by atoms with E-state index in [-0.39, 0.29) is 17.0 Å². The molecule has 4 rings (SSSR count). The number of aliphatic imine (C=N–C) groups is 1. The lowest BCUT2D eigenvalue weighted by Crippen LogP contribution is -2.61. The molecule has 0 spiro atoms. The Morgan fingerprint density at radius 3 is 2.76 bits per heavy atom. The Bertz CT molecular complexity index is 690. The summed E-state index contributed by atoms with van der Waals surface area (Å²) in [6, 6.07) is 0. The fourth-order valence-corrected chi connectivity index (χ4v) is 9.32. The minimum Gasteiger partial charge on any atom is -0.477 e. The highest BCUT2D eigenvalue weighted by Gasteiger charge is 2.59. The van der Waals surface area contributed by atoms with Crippen molar-refractivity contribution in [3.8, 4) is 0 Å². The minimum absolute atomic E-state index is 0.150. The molecule has 4 heterocycles. The van der Waals surface area contributed by atoms with Crippen molar-refractivity contribution in [1.82, 2.24) is 9.80 Å². The largest absolute Gasteiger partial charge is 0.477 e. The van der Waals surface area contributed by atoms with E-state index in [2.05, 4.69) is 9.89 Å². The standard InChI is InChI=1S/C15H21N3O4S3/c1-7(19)9-11(20)18-10(13(21)22)14(25(2)12(9)18)24-8-5-17(6-8)15-16-3-4-23-15/h7-9,12,19,25H,3-6H2,1-2H3,(H,21,22)/t7-,9+,12-/m1/s1. The molecule has 4 aliphatic heterocycles. The molecule has 0 aromatic rings. The SMILES string of the molecule is C[C@@H](O)[C@H]1C(=O)N2C(C(=O)O)=C(SC3CN(C4=NCCS4)C3)[SH](C)[C@H]12. The van der Waals surface area contributed by atoms with Crippen LogP contribution in [0.4, 0.5) is 0 Å². The van der Waals surface area contributed by atoms with Crippen LogP contribution in [0.15, 0.2) is 14.9 Å². The van der Waals surface area contributed by atoms with Gasteiger partial charge in [0.1, 0.15) is 5.70 Å². The molecule has 0 saturated carbocycles. The fraction of sp³-hybridized carbons (Fsp3) is 0.667. The average Bonchev–Trinajstić information content (AvgIpc) is 3.08. The lowest BCUT2D eigenvalue weighted by atomic mass is 9.92. The molecule has 0 bridgehead atoms. The molecule has 10 heteroatoms. The number of amidine groups is 1. The number of aliphatic hydroxyl groups excluding tert-OH is 1. The number of thiol groups is 1. The van der Waals surface area contributed by atoms with Gasteiger partial charge in [-0.2, -0.15) is 0 Å². The lowest BCUT2D eigenvalue weighted by molar-refractivity contribution is -0.156. The number of likely N-dealkylation sites (tertiary alicyclic amines) is 1. The monoisotopic (exact) mass is 403 g/mol. The summed E-state index contributed by atoms with van der Waals surface area (Å²) in [4.78, 5) is 32.2. The number of aliphatic hydroxyl groups is 1. The van der Waals surface area contributed by atoms with Gasteiger partial charge in [0.2, 0.25) is 5.91 Å². The van der Waals surface area contributed by atoms with Crippen molar-refractivity contribution < 1.29 is 19.8 Å². The van der Waals surface area contributed by atoms with Crippen molar-refractivity contribution in [2.45, 2.75) is 23.7 Å². The van der Waals surface area contributed by atoms with E-state index >= 15 is 0 Å². The van der Waals surface area contributed by atoms with E-state index in [9.17, 15) is 19.8 Å². The molecule has 2 N–H and O–H groups in total. The first-order valence-corrected chi connectivity index (χ1v) is 11.9. The molecule has 4 aliphatic rings. The van der Waals surface area contributed by atoms with E-state index in [4.69, 9.17) is 0 Å². The van der Waals surface area contributed by atoms with Gasteiger partial charge in [-0.3, -0.25) is 14.7 Å². The summed E-state index contributed by atoms with van der Waals surface area (Å²) in [6.07, 6.45) is 1.29. The summed E-state index contributed by atoms with van der Waals surface area (Å²) in [5, 5.41) is 20.8. The maximum atomic E-state index is 12.3. The van der Waals surface area contributed by atoms with Gasteiger partial charge < -0.3 is 15.1 Å². The van der Waals surface area contributed by atoms with Crippen LogP contribution in [-0.2, 0) is 9.59 Å². The number of β-lactam (4-membered cyclic amide) rings is 1. The Morgan fingerprint density at radius 1 is 1.48 bits per heavy atom. The van der Waals surface area contributed by atoms with E-state index in [0.717, 1.165) is 34.8 Å². The van der Waals surface area contributed by atoms with Crippen LogP contribution in [0.25, 0.3) is 0 Å². The van der Waals surface area contributed by atoms with Gasteiger partial charge >= 0.3 is 5.97 Å². The number of thioether (sulfide) groups is 2. The number of aliphatic carboxylic acids is 1. The minimum atomic E-state index is -1.04. The van der Waals surface area contributed by atoms with E-state index < -0.39 is 28.9 Å². The maximum Gasteiger partial charge on any atom is 0.354 e. The van der Waals surface area contributed by atoms with Crippen LogP contribution in [0, 0.1) is 5.92 Å². The molecule has 4 atom stereocenters. The zero-order valence-electron chi connectivity index (χ0n) is 14.0. The zero-order valence-corrected chi connectivity index (χ0v) is 16.5. The van der Waals surface area contributed by atoms with Crippen LogP contribution >= 0.6 is 34.4 Å². The maximum absolute atomic E-state index is 12.3. The van der Waals surface area contributed by atoms with E-state index in [1.807, 2.05) is 6.26 Å². The molecular formula is C15H21N3O4S3. The van der Waals surface area contributed by atoms with Gasteiger partial charge in [0.05, 0.1) is 28.2 Å². The number of carboxylic acid groups (broad SMARTS) is 1. The highest BCUT2D eigenvalue weighted by atomic mass is 32.2. The number of carboxylic acids is 1. The van der Waals surface area contributed by atoms with Crippen LogP contribution in [0.5, 0.6) is 0 Å². The summed E-state index contributed by atoms with van der Waals surface area (Å²) < 4.78 is 0.842. The van der Waals surface area contributed by atoms with Crippen molar-refractivity contribution in [2.24, 2.45) is 10.9 Å². The first-order chi connectivity index (χ1) is 11.9. The van der Waals surface area contributed by atoms with Crippen molar-refractivity contribution in [2.75, 3.05) is 31.6 Å². The molecule has 0 radical (unpaired) electrons. The molecule has 1 amide bonds. The highest BCUT2D eigenvalue weighted by Crippen LogP contribution is 2.62. The molecule has 2 fully saturated rings. The van der Waals surface area contributed by atoms with E-state index in [0.29, 0.717) is 5.25 Å². The van der Waals surface area contributed by atoms with Crippen molar-refractivity contribution in [3.63, 3.8) is 0 Å². The van der Waals surface area contributed by atoms with Crippen molar-refractivity contribution in [1.29, 1.82) is 0 Å². The highest BCUT2D eigenvalue weighted by molar-refractivity contribution is 8.32. The number of nitrogens with zero attached hydrogens (tertiary/aromatic N) is 3. The van der Waals surface area contributed by atoms with Gasteiger partial charge in [0.15, 0.2) is 5.17 Å². The summed E-state index contributed by atoms with van der Waals surface area (Å²) in [7, 11) is -0.788. The molecule has 2 saturated heterocycles. The van der Waals surface area contributed by atoms with Crippen LogP contribution < -0.4 is 0 Å². The molecule has 25 heavy (non-hydrogen) atoms. The topological polar surface area (TPSA) is 93.4 Å². The second kappa shape index (κ2) is 6.40. The third-order valence-electron chi connectivity index (χ3n) is 4.96. The van der Waals surface area contributed by atoms with Crippen molar-refractivity contribution >= 4 is 51.5 Å². The van der Waals surface area contributed by atoms with Gasteiger partial charge in [-0.15, -0.1) is 11.8 Å². The summed E-state index contributed by atoms with van der Waals surface area (Å²) in [5.41, 5.74) is 0.150. The molecular weight excluding hydrogens is 382 g/mol. The van der Waals surface area contributed by atoms with Crippen molar-refractivity contribution in [3.05, 3.63) is 9.93 Å². The molecule has 138 valence electrons. The van der Waals surface area contributed by atoms with Gasteiger partial charge in [0, 0.05) is 24.1 Å². The quantitative estimate of drug-likeness (QED) is 0.467. The summed E-state index contributed by atoms with van der Waals surface area (Å²) >= 11 is 3.39. The Morgan fingerprint density at radius 2 is 2.20 bits per heavy atom. The predicted molar refractivity (Wildman–Crippen MR) is 103 cm³/mol. The Labute approximate surface area is 157 Å². The van der Waals surface area contributed by atoms with Gasteiger partial charge in [-0.25, -0.2) is 15.7 Å². The van der Waals surface area contributed by atoms with E-state index in [1.165, 1.54) is 4.90 Å². The van der Waals surface area contributed by atoms with Gasteiger partial charge in [-0.1, -0.05) is 11.8 Å². The second-order valence-electron chi connectivity index (χ2n) is 6.62. The lowest BCUT2D eigenvalue weighted by Gasteiger charge is -2.47. The fourth-order valence-electron chi connectivity index (χ4n) is 3.67. The normalized spacial score (nSPS) is 34.6. The Balaban J connectivity index is 1.49. The van der Waals surface area contributed by atoms with Gasteiger partial charge in [0.25, 0.3) is 0 Å². The number of amides is 1. The first kappa shape index (κ1) is 17.6. The van der Waals surface area contributed by atoms with E-state index in [1.54, 1.807) is 30.4 Å². The number of fused-ring (bicyclic) bond motifs is 1. The number of carbonyl (C=O) groups excluding carboxylic acids is 1. The molecule has 0 aromatic carbocycles. The summed E-state index contributed by atoms with van der Waals surface area (Å²) in [6.45, 7) is 4.23. The third-order valence-corrected chi connectivity index (χ3v) is 10.4. The zero-order chi connectivity index (χ0) is 17.9. The number of hydrogen-bond donors (Lipinski definition) is 3. The van der Waals surface area contributed by atoms with Crippen LogP contribution in [-0.4, -0.2) is 85.4 Å². The van der Waals surface area contributed by atoms with Crippen LogP contribution in [0.3, 0.4) is 0 Å². The Hall–Kier alpha value is -0.840. The molecule has 7 nitrogen and oxygen atoms in total. The number of carbonyl (C=O) groups is 2.